The van der Waals surface area contributed by atoms with E-state index in [0.717, 1.165) is 35.0 Å². The monoisotopic (exact) mass is 351 g/mol. The molecule has 0 saturated heterocycles. The van der Waals surface area contributed by atoms with Gasteiger partial charge in [0.15, 0.2) is 0 Å². The van der Waals surface area contributed by atoms with Crippen molar-refractivity contribution in [2.24, 2.45) is 5.73 Å². The predicted molar refractivity (Wildman–Crippen MR) is 104 cm³/mol. The highest BCUT2D eigenvalue weighted by Crippen LogP contribution is 2.29. The van der Waals surface area contributed by atoms with E-state index >= 15 is 0 Å². The van der Waals surface area contributed by atoms with Crippen molar-refractivity contribution >= 4 is 16.9 Å². The quantitative estimate of drug-likeness (QED) is 0.507. The molecule has 0 aliphatic rings. The first-order chi connectivity index (χ1) is 12.5. The molecule has 136 valence electrons. The second-order valence-corrected chi connectivity index (χ2v) is 6.76. The first-order valence-corrected chi connectivity index (χ1v) is 8.79. The van der Waals surface area contributed by atoms with Crippen LogP contribution in [0.2, 0.25) is 0 Å². The lowest BCUT2D eigenvalue weighted by atomic mass is 10.1. The molecular weight excluding hydrogens is 326 g/mol. The zero-order valence-corrected chi connectivity index (χ0v) is 15.2. The SMILES string of the molecule is CN(C)CCc1c[nH]c2cccc(OC(=O)[C@@H](N)Cc3ccccc3)c12. The number of hydrogen-bond donors (Lipinski definition) is 2. The lowest BCUT2D eigenvalue weighted by Gasteiger charge is -2.13. The molecule has 0 aliphatic heterocycles. The second kappa shape index (κ2) is 8.17. The van der Waals surface area contributed by atoms with Crippen LogP contribution < -0.4 is 10.5 Å². The highest BCUT2D eigenvalue weighted by atomic mass is 16.5. The van der Waals surface area contributed by atoms with Gasteiger partial charge in [-0.25, -0.2) is 4.79 Å². The Morgan fingerprint density at radius 1 is 1.15 bits per heavy atom. The first kappa shape index (κ1) is 18.2. The van der Waals surface area contributed by atoms with Crippen LogP contribution in [0.1, 0.15) is 11.1 Å². The largest absolute Gasteiger partial charge is 0.425 e. The smallest absolute Gasteiger partial charge is 0.328 e. The van der Waals surface area contributed by atoms with Crippen LogP contribution in [-0.2, 0) is 17.6 Å². The van der Waals surface area contributed by atoms with Crippen LogP contribution in [0.3, 0.4) is 0 Å². The number of fused-ring (bicyclic) bond motifs is 1. The van der Waals surface area contributed by atoms with Gasteiger partial charge in [-0.05, 0) is 50.2 Å². The van der Waals surface area contributed by atoms with Gasteiger partial charge in [-0.1, -0.05) is 36.4 Å². The number of likely N-dealkylation sites (N-methyl/N-ethyl adjacent to an activating group) is 1. The molecule has 0 amide bonds. The maximum atomic E-state index is 12.5. The van der Waals surface area contributed by atoms with E-state index in [2.05, 4.69) is 9.88 Å². The Balaban J connectivity index is 1.77. The van der Waals surface area contributed by atoms with Crippen molar-refractivity contribution in [2.75, 3.05) is 20.6 Å². The summed E-state index contributed by atoms with van der Waals surface area (Å²) in [7, 11) is 4.08. The number of aromatic amines is 1. The highest BCUT2D eigenvalue weighted by Gasteiger charge is 2.19. The lowest BCUT2D eigenvalue weighted by Crippen LogP contribution is -2.36. The van der Waals surface area contributed by atoms with E-state index < -0.39 is 12.0 Å². The van der Waals surface area contributed by atoms with Crippen molar-refractivity contribution in [3.8, 4) is 5.75 Å². The summed E-state index contributed by atoms with van der Waals surface area (Å²) in [5, 5.41) is 0.953. The molecule has 3 rings (SSSR count). The lowest BCUT2D eigenvalue weighted by molar-refractivity contribution is -0.135. The summed E-state index contributed by atoms with van der Waals surface area (Å²) in [5.74, 6) is 0.145. The molecule has 1 aromatic heterocycles. The third-order valence-electron chi connectivity index (χ3n) is 4.39. The molecule has 5 heteroatoms. The van der Waals surface area contributed by atoms with E-state index in [9.17, 15) is 4.79 Å². The Morgan fingerprint density at radius 2 is 1.92 bits per heavy atom. The molecule has 1 heterocycles. The van der Waals surface area contributed by atoms with E-state index in [4.69, 9.17) is 10.5 Å². The number of H-pyrrole nitrogens is 1. The van der Waals surface area contributed by atoms with Crippen LogP contribution in [0.15, 0.2) is 54.7 Å². The fourth-order valence-electron chi connectivity index (χ4n) is 2.98. The summed E-state index contributed by atoms with van der Waals surface area (Å²) in [4.78, 5) is 17.9. The zero-order valence-electron chi connectivity index (χ0n) is 15.2. The van der Waals surface area contributed by atoms with Gasteiger partial charge in [0.25, 0.3) is 0 Å². The van der Waals surface area contributed by atoms with Crippen LogP contribution in [-0.4, -0.2) is 42.5 Å². The van der Waals surface area contributed by atoms with Gasteiger partial charge in [0.05, 0.1) is 0 Å². The van der Waals surface area contributed by atoms with Crippen LogP contribution >= 0.6 is 0 Å². The number of carbonyl (C=O) groups excluding carboxylic acids is 1. The maximum absolute atomic E-state index is 12.5. The predicted octanol–water partition coefficient (Wildman–Crippen LogP) is 2.75. The van der Waals surface area contributed by atoms with E-state index in [1.807, 2.05) is 68.8 Å². The van der Waals surface area contributed by atoms with Gasteiger partial charge in [0.2, 0.25) is 0 Å². The fraction of sp³-hybridized carbons (Fsp3) is 0.286. The van der Waals surface area contributed by atoms with E-state index in [1.165, 1.54) is 0 Å². The Labute approximate surface area is 153 Å². The molecule has 2 aromatic carbocycles. The molecular formula is C21H25N3O2. The summed E-state index contributed by atoms with van der Waals surface area (Å²) in [6.45, 7) is 0.919. The molecule has 1 atom stereocenters. The molecule has 0 bridgehead atoms. The summed E-state index contributed by atoms with van der Waals surface area (Å²) in [6.07, 6.45) is 3.31. The normalized spacial score (nSPS) is 12.5. The number of nitrogens with zero attached hydrogens (tertiary/aromatic N) is 1. The molecule has 5 nitrogen and oxygen atoms in total. The standard InChI is InChI=1S/C21H25N3O2/c1-24(2)12-11-16-14-23-18-9-6-10-19(20(16)18)26-21(25)17(22)13-15-7-4-3-5-8-15/h3-10,14,17,23H,11-13,22H2,1-2H3/t17-/m0/s1. The van der Waals surface area contributed by atoms with Gasteiger partial charge in [-0.2, -0.15) is 0 Å². The summed E-state index contributed by atoms with van der Waals surface area (Å²) in [5.41, 5.74) is 9.17. The van der Waals surface area contributed by atoms with E-state index in [-0.39, 0.29) is 0 Å². The van der Waals surface area contributed by atoms with Crippen LogP contribution in [0.5, 0.6) is 5.75 Å². The van der Waals surface area contributed by atoms with Gasteiger partial charge in [-0.15, -0.1) is 0 Å². The minimum Gasteiger partial charge on any atom is -0.425 e. The second-order valence-electron chi connectivity index (χ2n) is 6.76. The van der Waals surface area contributed by atoms with E-state index in [1.54, 1.807) is 0 Å². The zero-order chi connectivity index (χ0) is 18.5. The van der Waals surface area contributed by atoms with Gasteiger partial charge >= 0.3 is 5.97 Å². The molecule has 0 saturated carbocycles. The number of esters is 1. The molecule has 0 unspecified atom stereocenters. The van der Waals surface area contributed by atoms with Gasteiger partial charge < -0.3 is 20.4 Å². The highest BCUT2D eigenvalue weighted by molar-refractivity contribution is 5.92. The summed E-state index contributed by atoms with van der Waals surface area (Å²) >= 11 is 0. The number of benzene rings is 2. The number of nitrogens with one attached hydrogen (secondary N) is 1. The fourth-order valence-corrected chi connectivity index (χ4v) is 2.98. The number of carbonyl (C=O) groups is 1. The Bertz CT molecular complexity index is 871. The van der Waals surface area contributed by atoms with Crippen molar-refractivity contribution in [1.82, 2.24) is 9.88 Å². The number of rotatable bonds is 7. The Kier molecular flexibility index (Phi) is 5.71. The number of hydrogen-bond acceptors (Lipinski definition) is 4. The maximum Gasteiger partial charge on any atom is 0.328 e. The molecule has 0 radical (unpaired) electrons. The molecule has 3 aromatic rings. The molecule has 0 aliphatic carbocycles. The van der Waals surface area contributed by atoms with Crippen LogP contribution in [0.4, 0.5) is 0 Å². The number of aromatic nitrogens is 1. The van der Waals surface area contributed by atoms with Gasteiger partial charge in [-0.3, -0.25) is 0 Å². The third-order valence-corrected chi connectivity index (χ3v) is 4.39. The van der Waals surface area contributed by atoms with Crippen LogP contribution in [0.25, 0.3) is 10.9 Å². The number of ether oxygens (including phenoxy) is 1. The van der Waals surface area contributed by atoms with Crippen molar-refractivity contribution in [2.45, 2.75) is 18.9 Å². The van der Waals surface area contributed by atoms with Crippen molar-refractivity contribution in [1.29, 1.82) is 0 Å². The molecule has 0 spiro atoms. The summed E-state index contributed by atoms with van der Waals surface area (Å²) < 4.78 is 5.67. The molecule has 26 heavy (non-hydrogen) atoms. The third kappa shape index (κ3) is 4.31. The Hall–Kier alpha value is -2.63. The van der Waals surface area contributed by atoms with Crippen molar-refractivity contribution in [3.05, 3.63) is 65.9 Å². The summed E-state index contributed by atoms with van der Waals surface area (Å²) in [6, 6.07) is 14.7. The first-order valence-electron chi connectivity index (χ1n) is 8.79. The molecule has 0 fully saturated rings. The van der Waals surface area contributed by atoms with Gasteiger partial charge in [0, 0.05) is 23.6 Å². The Morgan fingerprint density at radius 3 is 2.65 bits per heavy atom. The average Bonchev–Trinajstić information content (AvgIpc) is 3.05. The van der Waals surface area contributed by atoms with Crippen molar-refractivity contribution < 1.29 is 9.53 Å². The minimum absolute atomic E-state index is 0.416. The minimum atomic E-state index is -0.697. The van der Waals surface area contributed by atoms with Crippen LogP contribution in [0, 0.1) is 0 Å². The molecule has 3 N–H and O–H groups in total. The van der Waals surface area contributed by atoms with Crippen molar-refractivity contribution in [3.63, 3.8) is 0 Å². The number of nitrogens with two attached hydrogens (primary N) is 1. The topological polar surface area (TPSA) is 71.3 Å². The van der Waals surface area contributed by atoms with E-state index in [0.29, 0.717) is 12.2 Å². The average molecular weight is 351 g/mol. The van der Waals surface area contributed by atoms with Gasteiger partial charge in [0.1, 0.15) is 11.8 Å².